The van der Waals surface area contributed by atoms with Crippen LogP contribution in [-0.2, 0) is 10.0 Å². The van der Waals surface area contributed by atoms with Gasteiger partial charge in [0.05, 0.1) is 4.90 Å². The van der Waals surface area contributed by atoms with E-state index in [9.17, 15) is 8.42 Å². The predicted molar refractivity (Wildman–Crippen MR) is 102 cm³/mol. The Bertz CT molecular complexity index is 937. The van der Waals surface area contributed by atoms with Crippen molar-refractivity contribution < 1.29 is 8.42 Å². The Morgan fingerprint density at radius 3 is 1.96 bits per heavy atom. The summed E-state index contributed by atoms with van der Waals surface area (Å²) in [6.45, 7) is 1.80. The Balaban J connectivity index is 1.79. The lowest BCUT2D eigenvalue weighted by atomic mass is 10.1. The minimum absolute atomic E-state index is 0.244. The summed E-state index contributed by atoms with van der Waals surface area (Å²) in [5.74, 6) is 0. The van der Waals surface area contributed by atoms with Crippen LogP contribution in [0.1, 0.15) is 18.5 Å². The molecule has 3 rings (SSSR count). The van der Waals surface area contributed by atoms with E-state index >= 15 is 0 Å². The Morgan fingerprint density at radius 2 is 1.36 bits per heavy atom. The number of benzene rings is 3. The Morgan fingerprint density at radius 1 is 0.800 bits per heavy atom. The highest BCUT2D eigenvalue weighted by molar-refractivity contribution is 7.89. The lowest BCUT2D eigenvalue weighted by Gasteiger charge is -2.15. The number of sulfonamides is 1. The zero-order valence-corrected chi connectivity index (χ0v) is 15.3. The molecular weight excluding hydrogens is 354 g/mol. The first-order chi connectivity index (χ1) is 12.0. The second kappa shape index (κ2) is 7.40. The van der Waals surface area contributed by atoms with Crippen LogP contribution in [0.5, 0.6) is 0 Å². The molecule has 0 spiro atoms. The van der Waals surface area contributed by atoms with Crippen molar-refractivity contribution in [3.63, 3.8) is 0 Å². The van der Waals surface area contributed by atoms with E-state index in [2.05, 4.69) is 4.72 Å². The molecule has 25 heavy (non-hydrogen) atoms. The van der Waals surface area contributed by atoms with Gasteiger partial charge in [0.15, 0.2) is 0 Å². The molecule has 1 atom stereocenters. The van der Waals surface area contributed by atoms with E-state index in [1.54, 1.807) is 31.2 Å². The van der Waals surface area contributed by atoms with E-state index in [0.29, 0.717) is 5.02 Å². The van der Waals surface area contributed by atoms with Crippen LogP contribution in [0.25, 0.3) is 11.1 Å². The maximum Gasteiger partial charge on any atom is 0.241 e. The number of hydrogen-bond donors (Lipinski definition) is 1. The van der Waals surface area contributed by atoms with Gasteiger partial charge in [-0.3, -0.25) is 0 Å². The normalized spacial score (nSPS) is 12.7. The van der Waals surface area contributed by atoms with Crippen LogP contribution in [0, 0.1) is 0 Å². The van der Waals surface area contributed by atoms with Crippen molar-refractivity contribution in [2.24, 2.45) is 0 Å². The van der Waals surface area contributed by atoms with Crippen molar-refractivity contribution in [2.45, 2.75) is 17.9 Å². The van der Waals surface area contributed by atoms with Crippen LogP contribution in [0.3, 0.4) is 0 Å². The van der Waals surface area contributed by atoms with Gasteiger partial charge in [-0.15, -0.1) is 0 Å². The van der Waals surface area contributed by atoms with Crippen LogP contribution >= 0.6 is 11.6 Å². The van der Waals surface area contributed by atoms with Gasteiger partial charge in [-0.2, -0.15) is 0 Å². The molecule has 128 valence electrons. The van der Waals surface area contributed by atoms with Crippen LogP contribution in [-0.4, -0.2) is 8.42 Å². The predicted octanol–water partition coefficient (Wildman–Crippen LogP) is 5.05. The number of rotatable bonds is 5. The first-order valence-electron chi connectivity index (χ1n) is 7.89. The average molecular weight is 372 g/mol. The lowest BCUT2D eigenvalue weighted by molar-refractivity contribution is 0.567. The van der Waals surface area contributed by atoms with Gasteiger partial charge in [-0.25, -0.2) is 13.1 Å². The fourth-order valence-electron chi connectivity index (χ4n) is 2.58. The van der Waals surface area contributed by atoms with Crippen LogP contribution < -0.4 is 4.72 Å². The molecule has 0 aliphatic heterocycles. The molecule has 5 heteroatoms. The minimum Gasteiger partial charge on any atom is -0.207 e. The van der Waals surface area contributed by atoms with Gasteiger partial charge < -0.3 is 0 Å². The quantitative estimate of drug-likeness (QED) is 0.682. The van der Waals surface area contributed by atoms with Gasteiger partial charge in [-0.1, -0.05) is 66.2 Å². The first kappa shape index (κ1) is 17.7. The van der Waals surface area contributed by atoms with E-state index in [1.807, 2.05) is 54.6 Å². The number of halogens is 1. The van der Waals surface area contributed by atoms with Gasteiger partial charge in [0.2, 0.25) is 10.0 Å². The molecule has 3 aromatic carbocycles. The summed E-state index contributed by atoms with van der Waals surface area (Å²) in [6.07, 6.45) is 0. The average Bonchev–Trinajstić information content (AvgIpc) is 2.63. The topological polar surface area (TPSA) is 46.2 Å². The van der Waals surface area contributed by atoms with Crippen molar-refractivity contribution in [1.29, 1.82) is 0 Å². The largest absolute Gasteiger partial charge is 0.241 e. The summed E-state index contributed by atoms with van der Waals surface area (Å²) in [4.78, 5) is 0.244. The van der Waals surface area contributed by atoms with Gasteiger partial charge >= 0.3 is 0 Å². The fraction of sp³-hybridized carbons (Fsp3) is 0.100. The monoisotopic (exact) mass is 371 g/mol. The van der Waals surface area contributed by atoms with Gasteiger partial charge in [0.1, 0.15) is 0 Å². The maximum atomic E-state index is 12.6. The van der Waals surface area contributed by atoms with Gasteiger partial charge in [0, 0.05) is 11.1 Å². The fourth-order valence-corrected chi connectivity index (χ4v) is 3.94. The SMILES string of the molecule is CC(NS(=O)(=O)c1ccc(-c2ccccc2)cc1)c1ccc(Cl)cc1. The third kappa shape index (κ3) is 4.28. The van der Waals surface area contributed by atoms with Crippen molar-refractivity contribution in [1.82, 2.24) is 4.72 Å². The molecule has 0 aliphatic rings. The summed E-state index contributed by atoms with van der Waals surface area (Å²) >= 11 is 5.87. The number of nitrogens with one attached hydrogen (secondary N) is 1. The summed E-state index contributed by atoms with van der Waals surface area (Å²) in [5.41, 5.74) is 2.88. The van der Waals surface area contributed by atoms with Crippen LogP contribution in [0.4, 0.5) is 0 Å². The van der Waals surface area contributed by atoms with E-state index in [1.165, 1.54) is 0 Å². The van der Waals surface area contributed by atoms with Crippen molar-refractivity contribution in [2.75, 3.05) is 0 Å². The smallest absolute Gasteiger partial charge is 0.207 e. The molecule has 0 saturated heterocycles. The Kier molecular flexibility index (Phi) is 5.23. The first-order valence-corrected chi connectivity index (χ1v) is 9.75. The minimum atomic E-state index is -3.60. The third-order valence-corrected chi connectivity index (χ3v) is 5.78. The van der Waals surface area contributed by atoms with E-state index in [4.69, 9.17) is 11.6 Å². The molecule has 0 bridgehead atoms. The summed E-state index contributed by atoms with van der Waals surface area (Å²) in [6, 6.07) is 23.5. The summed E-state index contributed by atoms with van der Waals surface area (Å²) in [5, 5.41) is 0.621. The molecule has 0 radical (unpaired) electrons. The van der Waals surface area contributed by atoms with Crippen LogP contribution in [0.15, 0.2) is 83.8 Å². The standard InChI is InChI=1S/C20H18ClNO2S/c1-15(16-7-11-19(21)12-8-16)22-25(23,24)20-13-9-18(10-14-20)17-5-3-2-4-6-17/h2-15,22H,1H3. The molecule has 3 nitrogen and oxygen atoms in total. The molecule has 0 aromatic heterocycles. The van der Waals surface area contributed by atoms with E-state index in [-0.39, 0.29) is 10.9 Å². The van der Waals surface area contributed by atoms with E-state index in [0.717, 1.165) is 16.7 Å². The second-order valence-electron chi connectivity index (χ2n) is 5.78. The second-order valence-corrected chi connectivity index (χ2v) is 7.94. The van der Waals surface area contributed by atoms with Crippen molar-refractivity contribution >= 4 is 21.6 Å². The lowest BCUT2D eigenvalue weighted by Crippen LogP contribution is -2.26. The Labute approximate surface area is 153 Å². The molecule has 1 unspecified atom stereocenters. The zero-order valence-electron chi connectivity index (χ0n) is 13.7. The highest BCUT2D eigenvalue weighted by Crippen LogP contribution is 2.23. The van der Waals surface area contributed by atoms with Crippen molar-refractivity contribution in [3.05, 3.63) is 89.4 Å². The van der Waals surface area contributed by atoms with Gasteiger partial charge in [0.25, 0.3) is 0 Å². The highest BCUT2D eigenvalue weighted by Gasteiger charge is 2.18. The molecule has 0 aliphatic carbocycles. The van der Waals surface area contributed by atoms with Crippen LogP contribution in [0.2, 0.25) is 5.02 Å². The van der Waals surface area contributed by atoms with E-state index < -0.39 is 10.0 Å². The Hall–Kier alpha value is -2.14. The molecule has 0 amide bonds. The molecular formula is C20H18ClNO2S. The molecule has 0 saturated carbocycles. The molecule has 0 fully saturated rings. The zero-order chi connectivity index (χ0) is 17.9. The van der Waals surface area contributed by atoms with Crippen molar-refractivity contribution in [3.8, 4) is 11.1 Å². The molecule has 1 N–H and O–H groups in total. The number of hydrogen-bond acceptors (Lipinski definition) is 2. The summed E-state index contributed by atoms with van der Waals surface area (Å²) < 4.78 is 27.9. The molecule has 3 aromatic rings. The maximum absolute atomic E-state index is 12.6. The summed E-state index contributed by atoms with van der Waals surface area (Å²) in [7, 11) is -3.60. The molecule has 0 heterocycles. The highest BCUT2D eigenvalue weighted by atomic mass is 35.5. The van der Waals surface area contributed by atoms with Gasteiger partial charge in [-0.05, 0) is 47.9 Å². The third-order valence-electron chi connectivity index (χ3n) is 3.97.